The van der Waals surface area contributed by atoms with E-state index in [1.807, 2.05) is 6.92 Å². The van der Waals surface area contributed by atoms with E-state index in [0.29, 0.717) is 6.04 Å². The lowest BCUT2D eigenvalue weighted by Gasteiger charge is -2.27. The summed E-state index contributed by atoms with van der Waals surface area (Å²) < 4.78 is 10.8. The monoisotopic (exact) mass is 145 g/mol. The SMILES string of the molecule is [CH]N1CCS(=O)CC1C. The van der Waals surface area contributed by atoms with E-state index >= 15 is 0 Å². The molecule has 1 aliphatic rings. The van der Waals surface area contributed by atoms with Crippen LogP contribution in [0.4, 0.5) is 0 Å². The molecule has 0 amide bonds. The van der Waals surface area contributed by atoms with Crippen LogP contribution in [-0.4, -0.2) is 33.2 Å². The lowest BCUT2D eigenvalue weighted by atomic mass is 10.3. The van der Waals surface area contributed by atoms with Gasteiger partial charge in [0.2, 0.25) is 0 Å². The second-order valence-corrected chi connectivity index (χ2v) is 4.02. The molecule has 0 aliphatic carbocycles. The van der Waals surface area contributed by atoms with E-state index in [1.165, 1.54) is 0 Å². The van der Waals surface area contributed by atoms with E-state index in [0.717, 1.165) is 18.1 Å². The summed E-state index contributed by atoms with van der Waals surface area (Å²) in [7, 11) is 4.93. The lowest BCUT2D eigenvalue weighted by molar-refractivity contribution is 0.316. The van der Waals surface area contributed by atoms with Crippen molar-refractivity contribution in [2.24, 2.45) is 0 Å². The van der Waals surface area contributed by atoms with Crippen molar-refractivity contribution in [3.8, 4) is 0 Å². The minimum Gasteiger partial charge on any atom is -0.293 e. The first kappa shape index (κ1) is 7.22. The fourth-order valence-corrected chi connectivity index (χ4v) is 2.19. The molecule has 0 N–H and O–H groups in total. The third-order valence-corrected chi connectivity index (χ3v) is 3.06. The van der Waals surface area contributed by atoms with Gasteiger partial charge in [-0.15, -0.1) is 0 Å². The van der Waals surface area contributed by atoms with Gasteiger partial charge in [-0.3, -0.25) is 9.11 Å². The zero-order valence-corrected chi connectivity index (χ0v) is 6.36. The molecule has 1 saturated heterocycles. The van der Waals surface area contributed by atoms with E-state index in [4.69, 9.17) is 7.05 Å². The third kappa shape index (κ3) is 1.76. The van der Waals surface area contributed by atoms with Crippen molar-refractivity contribution in [2.45, 2.75) is 13.0 Å². The van der Waals surface area contributed by atoms with Gasteiger partial charge >= 0.3 is 0 Å². The molecule has 0 spiro atoms. The van der Waals surface area contributed by atoms with E-state index in [-0.39, 0.29) is 0 Å². The highest BCUT2D eigenvalue weighted by Gasteiger charge is 2.18. The topological polar surface area (TPSA) is 20.3 Å². The fourth-order valence-electron chi connectivity index (χ4n) is 0.876. The summed E-state index contributed by atoms with van der Waals surface area (Å²) in [5.74, 6) is 1.47. The van der Waals surface area contributed by atoms with Crippen LogP contribution in [0.25, 0.3) is 0 Å². The maximum absolute atomic E-state index is 10.8. The van der Waals surface area contributed by atoms with Gasteiger partial charge in [-0.05, 0) is 6.92 Å². The zero-order chi connectivity index (χ0) is 6.85. The normalized spacial score (nSPS) is 38.9. The Morgan fingerprint density at radius 3 is 2.89 bits per heavy atom. The van der Waals surface area contributed by atoms with Gasteiger partial charge in [0.25, 0.3) is 0 Å². The standard InChI is InChI=1S/C6H11NOS/c1-6-5-9(8)4-3-7(6)2/h2,6H,3-5H2,1H3. The molecule has 2 radical (unpaired) electrons. The third-order valence-electron chi connectivity index (χ3n) is 1.57. The number of nitrogens with zero attached hydrogens (tertiary/aromatic N) is 1. The second kappa shape index (κ2) is 2.80. The van der Waals surface area contributed by atoms with E-state index < -0.39 is 10.8 Å². The summed E-state index contributed by atoms with van der Waals surface area (Å²) in [4.78, 5) is 1.75. The Balaban J connectivity index is 2.44. The van der Waals surface area contributed by atoms with Crippen LogP contribution in [0.2, 0.25) is 0 Å². The van der Waals surface area contributed by atoms with Gasteiger partial charge in [0.05, 0.1) is 0 Å². The number of hydrogen-bond donors (Lipinski definition) is 0. The fraction of sp³-hybridized carbons (Fsp3) is 0.833. The predicted molar refractivity (Wildman–Crippen MR) is 38.3 cm³/mol. The smallest absolute Gasteiger partial charge is 0.0442 e. The largest absolute Gasteiger partial charge is 0.293 e. The Hall–Kier alpha value is 0.110. The van der Waals surface area contributed by atoms with Crippen molar-refractivity contribution in [3.05, 3.63) is 7.05 Å². The average Bonchev–Trinajstić information content (AvgIpc) is 1.80. The van der Waals surface area contributed by atoms with Crippen LogP contribution in [0.3, 0.4) is 0 Å². The molecule has 0 aromatic heterocycles. The number of hydrogen-bond acceptors (Lipinski definition) is 2. The van der Waals surface area contributed by atoms with Gasteiger partial charge in [0.15, 0.2) is 0 Å². The van der Waals surface area contributed by atoms with E-state index in [2.05, 4.69) is 0 Å². The maximum atomic E-state index is 10.8. The van der Waals surface area contributed by atoms with Crippen molar-refractivity contribution < 1.29 is 4.21 Å². The molecule has 1 aliphatic heterocycles. The number of rotatable bonds is 0. The molecule has 0 aromatic rings. The molecular formula is C6H11NOS. The molecule has 0 saturated carbocycles. The summed E-state index contributed by atoms with van der Waals surface area (Å²) in [5, 5.41) is 0. The first-order chi connectivity index (χ1) is 4.20. The summed E-state index contributed by atoms with van der Waals surface area (Å²) in [6.45, 7) is 2.77. The van der Waals surface area contributed by atoms with Crippen LogP contribution < -0.4 is 0 Å². The Bertz CT molecular complexity index is 126. The van der Waals surface area contributed by atoms with Crippen LogP contribution in [-0.2, 0) is 10.8 Å². The summed E-state index contributed by atoms with van der Waals surface area (Å²) in [6.07, 6.45) is 0. The molecule has 1 rings (SSSR count). The van der Waals surface area contributed by atoms with Gasteiger partial charge in [-0.1, -0.05) is 0 Å². The van der Waals surface area contributed by atoms with Crippen molar-refractivity contribution in [1.82, 2.24) is 4.90 Å². The molecule has 0 bridgehead atoms. The molecule has 1 heterocycles. The van der Waals surface area contributed by atoms with Crippen LogP contribution in [0.15, 0.2) is 0 Å². The Labute approximate surface area is 58.7 Å². The highest BCUT2D eigenvalue weighted by Crippen LogP contribution is 2.05. The average molecular weight is 145 g/mol. The lowest BCUT2D eigenvalue weighted by Crippen LogP contribution is -2.40. The Morgan fingerprint density at radius 2 is 2.44 bits per heavy atom. The Kier molecular flexibility index (Phi) is 2.24. The first-order valence-corrected chi connectivity index (χ1v) is 4.55. The van der Waals surface area contributed by atoms with Gasteiger partial charge < -0.3 is 0 Å². The Morgan fingerprint density at radius 1 is 1.78 bits per heavy atom. The quantitative estimate of drug-likeness (QED) is 0.482. The van der Waals surface area contributed by atoms with Crippen molar-refractivity contribution in [2.75, 3.05) is 18.1 Å². The summed E-state index contributed by atoms with van der Waals surface area (Å²) in [5.41, 5.74) is 0. The molecular weight excluding hydrogens is 134 g/mol. The van der Waals surface area contributed by atoms with Gasteiger partial charge in [-0.25, -0.2) is 0 Å². The predicted octanol–water partition coefficient (Wildman–Crippen LogP) is 0.108. The molecule has 9 heavy (non-hydrogen) atoms. The van der Waals surface area contributed by atoms with Crippen LogP contribution in [0, 0.1) is 7.05 Å². The minimum atomic E-state index is -0.613. The molecule has 1 fully saturated rings. The molecule has 52 valence electrons. The molecule has 0 aromatic carbocycles. The van der Waals surface area contributed by atoms with E-state index in [9.17, 15) is 4.21 Å². The highest BCUT2D eigenvalue weighted by molar-refractivity contribution is 7.85. The molecule has 3 heteroatoms. The maximum Gasteiger partial charge on any atom is 0.0442 e. The van der Waals surface area contributed by atoms with Gasteiger partial charge in [0.1, 0.15) is 0 Å². The summed E-state index contributed by atoms with van der Waals surface area (Å²) in [6, 6.07) is 0.291. The first-order valence-electron chi connectivity index (χ1n) is 3.06. The summed E-state index contributed by atoms with van der Waals surface area (Å²) >= 11 is 0. The molecule has 2 atom stereocenters. The van der Waals surface area contributed by atoms with Crippen LogP contribution in [0.1, 0.15) is 6.92 Å². The van der Waals surface area contributed by atoms with Crippen LogP contribution >= 0.6 is 0 Å². The van der Waals surface area contributed by atoms with Gasteiger partial charge in [0, 0.05) is 41.9 Å². The van der Waals surface area contributed by atoms with Gasteiger partial charge in [-0.2, -0.15) is 0 Å². The van der Waals surface area contributed by atoms with Crippen molar-refractivity contribution >= 4 is 10.8 Å². The molecule has 2 nitrogen and oxygen atoms in total. The van der Waals surface area contributed by atoms with Crippen molar-refractivity contribution in [1.29, 1.82) is 0 Å². The van der Waals surface area contributed by atoms with Crippen LogP contribution in [0.5, 0.6) is 0 Å². The zero-order valence-electron chi connectivity index (χ0n) is 5.54. The highest BCUT2D eigenvalue weighted by atomic mass is 32.2. The van der Waals surface area contributed by atoms with E-state index in [1.54, 1.807) is 4.90 Å². The minimum absolute atomic E-state index is 0.291. The van der Waals surface area contributed by atoms with Crippen molar-refractivity contribution in [3.63, 3.8) is 0 Å². The molecule has 2 unspecified atom stereocenters. The second-order valence-electron chi connectivity index (χ2n) is 2.40.